The van der Waals surface area contributed by atoms with Gasteiger partial charge in [-0.3, -0.25) is 4.79 Å². The number of hydrogen-bond donors (Lipinski definition) is 1. The fourth-order valence-corrected chi connectivity index (χ4v) is 2.05. The Morgan fingerprint density at radius 3 is 2.92 bits per heavy atom. The Morgan fingerprint density at radius 2 is 2.46 bits per heavy atom. The van der Waals surface area contributed by atoms with E-state index >= 15 is 0 Å². The molecule has 1 aromatic rings. The number of aryl methyl sites for hydroxylation is 1. The monoisotopic (exact) mass is 199 g/mol. The molecule has 1 atom stereocenters. The fraction of sp³-hybridized carbons (Fsp3) is 0.444. The smallest absolute Gasteiger partial charge is 0.307 e. The van der Waals surface area contributed by atoms with Gasteiger partial charge < -0.3 is 10.5 Å². The molecule has 0 saturated carbocycles. The first kappa shape index (κ1) is 10.2. The van der Waals surface area contributed by atoms with Crippen molar-refractivity contribution in [2.45, 2.75) is 19.4 Å². The summed E-state index contributed by atoms with van der Waals surface area (Å²) < 4.78 is 4.54. The van der Waals surface area contributed by atoms with Gasteiger partial charge in [0, 0.05) is 10.9 Å². The summed E-state index contributed by atoms with van der Waals surface area (Å²) in [6.45, 7) is 1.99. The average Bonchev–Trinajstić information content (AvgIpc) is 2.51. The topological polar surface area (TPSA) is 52.3 Å². The van der Waals surface area contributed by atoms with E-state index in [0.717, 1.165) is 10.4 Å². The first-order valence-electron chi connectivity index (χ1n) is 4.01. The van der Waals surface area contributed by atoms with Crippen LogP contribution in [0.4, 0.5) is 0 Å². The number of thiophene rings is 1. The molecule has 0 unspecified atom stereocenters. The maximum absolute atomic E-state index is 10.9. The van der Waals surface area contributed by atoms with Crippen molar-refractivity contribution in [3.8, 4) is 0 Å². The van der Waals surface area contributed by atoms with Crippen LogP contribution in [0.5, 0.6) is 0 Å². The molecule has 0 aliphatic rings. The Balaban J connectivity index is 2.63. The van der Waals surface area contributed by atoms with Crippen molar-refractivity contribution in [3.05, 3.63) is 21.9 Å². The van der Waals surface area contributed by atoms with Gasteiger partial charge in [-0.1, -0.05) is 0 Å². The minimum atomic E-state index is -0.264. The van der Waals surface area contributed by atoms with Crippen molar-refractivity contribution in [2.75, 3.05) is 7.11 Å². The number of methoxy groups -OCH3 is 1. The second-order valence-corrected chi connectivity index (χ2v) is 3.80. The largest absolute Gasteiger partial charge is 0.469 e. The number of rotatable bonds is 3. The normalized spacial score (nSPS) is 12.5. The summed E-state index contributed by atoms with van der Waals surface area (Å²) in [6, 6.07) is 1.77. The Labute approximate surface area is 81.5 Å². The van der Waals surface area contributed by atoms with Crippen LogP contribution in [0.2, 0.25) is 0 Å². The Morgan fingerprint density at radius 1 is 1.77 bits per heavy atom. The zero-order valence-electron chi connectivity index (χ0n) is 7.74. The summed E-state index contributed by atoms with van der Waals surface area (Å²) >= 11 is 1.58. The summed E-state index contributed by atoms with van der Waals surface area (Å²) in [5, 5.41) is 1.97. The molecule has 4 heteroatoms. The number of nitrogens with two attached hydrogens (primary N) is 1. The molecule has 0 saturated heterocycles. The lowest BCUT2D eigenvalue weighted by molar-refractivity contribution is -0.141. The molecule has 72 valence electrons. The van der Waals surface area contributed by atoms with Crippen LogP contribution in [0.25, 0.3) is 0 Å². The molecule has 0 bridgehead atoms. The summed E-state index contributed by atoms with van der Waals surface area (Å²) in [5.74, 6) is -0.264. The average molecular weight is 199 g/mol. The predicted octanol–water partition coefficient (Wildman–Crippen LogP) is 1.62. The number of carbonyl (C=O) groups excluding carboxylic acids is 1. The number of carbonyl (C=O) groups is 1. The predicted molar refractivity (Wildman–Crippen MR) is 52.6 cm³/mol. The highest BCUT2D eigenvalue weighted by molar-refractivity contribution is 7.10. The van der Waals surface area contributed by atoms with Gasteiger partial charge in [0.05, 0.1) is 13.5 Å². The lowest BCUT2D eigenvalue weighted by Crippen LogP contribution is -2.15. The van der Waals surface area contributed by atoms with Crippen LogP contribution in [0.3, 0.4) is 0 Å². The fourth-order valence-electron chi connectivity index (χ4n) is 1.12. The van der Waals surface area contributed by atoms with Gasteiger partial charge in [0.2, 0.25) is 0 Å². The number of ether oxygens (including phenoxy) is 1. The van der Waals surface area contributed by atoms with Gasteiger partial charge in [0.15, 0.2) is 0 Å². The van der Waals surface area contributed by atoms with E-state index in [9.17, 15) is 4.79 Å². The van der Waals surface area contributed by atoms with Gasteiger partial charge in [-0.05, 0) is 23.9 Å². The van der Waals surface area contributed by atoms with E-state index in [-0.39, 0.29) is 18.4 Å². The zero-order valence-corrected chi connectivity index (χ0v) is 8.56. The molecule has 0 spiro atoms. The first-order valence-corrected chi connectivity index (χ1v) is 4.89. The maximum atomic E-state index is 10.9. The van der Waals surface area contributed by atoms with Crippen molar-refractivity contribution in [3.63, 3.8) is 0 Å². The molecule has 0 aliphatic heterocycles. The lowest BCUT2D eigenvalue weighted by Gasteiger charge is -2.08. The van der Waals surface area contributed by atoms with Gasteiger partial charge >= 0.3 is 5.97 Å². The van der Waals surface area contributed by atoms with Crippen molar-refractivity contribution in [1.29, 1.82) is 0 Å². The van der Waals surface area contributed by atoms with Crippen LogP contribution in [0, 0.1) is 6.92 Å². The summed E-state index contributed by atoms with van der Waals surface area (Å²) in [6.07, 6.45) is 0.248. The molecule has 13 heavy (non-hydrogen) atoms. The van der Waals surface area contributed by atoms with E-state index in [1.165, 1.54) is 7.11 Å². The molecule has 2 N–H and O–H groups in total. The quantitative estimate of drug-likeness (QED) is 0.752. The Bertz CT molecular complexity index is 296. The molecule has 0 amide bonds. The summed E-state index contributed by atoms with van der Waals surface area (Å²) in [5.41, 5.74) is 6.97. The van der Waals surface area contributed by atoms with E-state index in [2.05, 4.69) is 4.74 Å². The van der Waals surface area contributed by atoms with E-state index in [4.69, 9.17) is 5.73 Å². The number of esters is 1. The van der Waals surface area contributed by atoms with Crippen molar-refractivity contribution in [2.24, 2.45) is 5.73 Å². The van der Waals surface area contributed by atoms with Crippen molar-refractivity contribution in [1.82, 2.24) is 0 Å². The third-order valence-electron chi connectivity index (χ3n) is 1.85. The molecule has 0 aliphatic carbocycles. The summed E-state index contributed by atoms with van der Waals surface area (Å²) in [7, 11) is 1.37. The van der Waals surface area contributed by atoms with Crippen LogP contribution in [0.1, 0.15) is 22.9 Å². The highest BCUT2D eigenvalue weighted by atomic mass is 32.1. The highest BCUT2D eigenvalue weighted by Gasteiger charge is 2.14. The van der Waals surface area contributed by atoms with Crippen molar-refractivity contribution >= 4 is 17.3 Å². The van der Waals surface area contributed by atoms with Gasteiger partial charge in [0.1, 0.15) is 0 Å². The molecule has 0 aromatic carbocycles. The van der Waals surface area contributed by atoms with E-state index in [0.29, 0.717) is 0 Å². The van der Waals surface area contributed by atoms with Gasteiger partial charge in [-0.25, -0.2) is 0 Å². The van der Waals surface area contributed by atoms with Crippen molar-refractivity contribution < 1.29 is 9.53 Å². The van der Waals surface area contributed by atoms with Gasteiger partial charge in [0.25, 0.3) is 0 Å². The minimum absolute atomic E-state index is 0.229. The van der Waals surface area contributed by atoms with Crippen LogP contribution >= 0.6 is 11.3 Å². The zero-order chi connectivity index (χ0) is 9.84. The Hall–Kier alpha value is -0.870. The summed E-state index contributed by atoms with van der Waals surface area (Å²) in [4.78, 5) is 12.0. The standard InChI is InChI=1S/C9H13NO2S/c1-6-3-4-13-9(6)7(10)5-8(11)12-2/h3-4,7H,5,10H2,1-2H3/t7-/m0/s1. The molecule has 0 fully saturated rings. The van der Waals surface area contributed by atoms with E-state index in [1.54, 1.807) is 11.3 Å². The van der Waals surface area contributed by atoms with E-state index in [1.807, 2.05) is 18.4 Å². The lowest BCUT2D eigenvalue weighted by atomic mass is 10.1. The molecule has 1 rings (SSSR count). The Kier molecular flexibility index (Phi) is 3.45. The second kappa shape index (κ2) is 4.39. The van der Waals surface area contributed by atoms with Gasteiger partial charge in [-0.2, -0.15) is 0 Å². The molecule has 1 heterocycles. The first-order chi connectivity index (χ1) is 6.15. The second-order valence-electron chi connectivity index (χ2n) is 2.85. The minimum Gasteiger partial charge on any atom is -0.469 e. The molecule has 0 radical (unpaired) electrons. The molecule has 3 nitrogen and oxygen atoms in total. The molecule has 1 aromatic heterocycles. The molecular formula is C9H13NO2S. The third kappa shape index (κ3) is 2.54. The third-order valence-corrected chi connectivity index (χ3v) is 3.00. The van der Waals surface area contributed by atoms with Crippen LogP contribution in [-0.2, 0) is 9.53 Å². The highest BCUT2D eigenvalue weighted by Crippen LogP contribution is 2.24. The van der Waals surface area contributed by atoms with Crippen LogP contribution in [0.15, 0.2) is 11.4 Å². The number of hydrogen-bond acceptors (Lipinski definition) is 4. The SMILES string of the molecule is COC(=O)C[C@H](N)c1sccc1C. The molecular weight excluding hydrogens is 186 g/mol. The maximum Gasteiger partial charge on any atom is 0.307 e. The van der Waals surface area contributed by atoms with E-state index < -0.39 is 0 Å². The van der Waals surface area contributed by atoms with Crippen LogP contribution in [-0.4, -0.2) is 13.1 Å². The van der Waals surface area contributed by atoms with Gasteiger partial charge in [-0.15, -0.1) is 11.3 Å². The van der Waals surface area contributed by atoms with Crippen LogP contribution < -0.4 is 5.73 Å².